The van der Waals surface area contributed by atoms with Crippen LogP contribution in [0.3, 0.4) is 0 Å². The highest BCUT2D eigenvalue weighted by molar-refractivity contribution is 9.10. The first kappa shape index (κ1) is 13.9. The van der Waals surface area contributed by atoms with Crippen LogP contribution < -0.4 is 10.5 Å². The molecular formula is C15H22BrNO. The molecular weight excluding hydrogens is 290 g/mol. The topological polar surface area (TPSA) is 35.2 Å². The van der Waals surface area contributed by atoms with E-state index in [9.17, 15) is 0 Å². The summed E-state index contributed by atoms with van der Waals surface area (Å²) in [4.78, 5) is 0. The van der Waals surface area contributed by atoms with Crippen molar-refractivity contribution in [1.29, 1.82) is 0 Å². The van der Waals surface area contributed by atoms with Crippen LogP contribution in [0.1, 0.15) is 45.1 Å². The van der Waals surface area contributed by atoms with Gasteiger partial charge in [-0.3, -0.25) is 0 Å². The fourth-order valence-corrected chi connectivity index (χ4v) is 3.03. The maximum Gasteiger partial charge on any atom is 0.125 e. The Morgan fingerprint density at radius 1 is 1.33 bits per heavy atom. The molecule has 1 fully saturated rings. The molecule has 0 atom stereocenters. The molecule has 18 heavy (non-hydrogen) atoms. The Morgan fingerprint density at radius 2 is 2.00 bits per heavy atom. The van der Waals surface area contributed by atoms with Crippen LogP contribution in [-0.4, -0.2) is 6.10 Å². The number of rotatable bonds is 3. The van der Waals surface area contributed by atoms with Crippen LogP contribution in [0.5, 0.6) is 5.75 Å². The molecule has 1 aromatic rings. The van der Waals surface area contributed by atoms with E-state index in [1.54, 1.807) is 0 Å². The maximum atomic E-state index is 6.14. The van der Waals surface area contributed by atoms with Gasteiger partial charge < -0.3 is 10.5 Å². The molecule has 0 radical (unpaired) electrons. The van der Waals surface area contributed by atoms with Gasteiger partial charge in [-0.05, 0) is 43.2 Å². The number of halogens is 1. The first-order valence-electron chi connectivity index (χ1n) is 6.66. The second kappa shape index (κ2) is 5.62. The summed E-state index contributed by atoms with van der Waals surface area (Å²) in [6, 6.07) is 6.04. The SMILES string of the molecule is CC1(C)CCC(Oc2cccc(Br)c2CN)CC1. The van der Waals surface area contributed by atoms with Crippen molar-refractivity contribution < 1.29 is 4.74 Å². The fourth-order valence-electron chi connectivity index (χ4n) is 2.52. The zero-order valence-corrected chi connectivity index (χ0v) is 12.8. The largest absolute Gasteiger partial charge is 0.490 e. The van der Waals surface area contributed by atoms with Crippen molar-refractivity contribution in [1.82, 2.24) is 0 Å². The van der Waals surface area contributed by atoms with E-state index in [1.807, 2.05) is 18.2 Å². The van der Waals surface area contributed by atoms with Crippen molar-refractivity contribution >= 4 is 15.9 Å². The second-order valence-corrected chi connectivity index (χ2v) is 6.76. The molecule has 2 nitrogen and oxygen atoms in total. The molecule has 0 saturated heterocycles. The third-order valence-electron chi connectivity index (χ3n) is 3.86. The third kappa shape index (κ3) is 3.27. The smallest absolute Gasteiger partial charge is 0.125 e. The van der Waals surface area contributed by atoms with Crippen molar-refractivity contribution in [3.05, 3.63) is 28.2 Å². The van der Waals surface area contributed by atoms with Gasteiger partial charge in [0.1, 0.15) is 5.75 Å². The Labute approximate surface area is 118 Å². The highest BCUT2D eigenvalue weighted by Crippen LogP contribution is 2.37. The first-order chi connectivity index (χ1) is 8.52. The molecule has 2 rings (SSSR count). The number of ether oxygens (including phenoxy) is 1. The zero-order valence-electron chi connectivity index (χ0n) is 11.2. The lowest BCUT2D eigenvalue weighted by atomic mass is 9.76. The summed E-state index contributed by atoms with van der Waals surface area (Å²) < 4.78 is 7.18. The van der Waals surface area contributed by atoms with Crippen LogP contribution in [0.25, 0.3) is 0 Å². The predicted octanol–water partition coefficient (Wildman–Crippen LogP) is 4.26. The molecule has 1 aliphatic rings. The fraction of sp³-hybridized carbons (Fsp3) is 0.600. The Balaban J connectivity index is 2.04. The van der Waals surface area contributed by atoms with Crippen molar-refractivity contribution in [2.24, 2.45) is 11.1 Å². The lowest BCUT2D eigenvalue weighted by Gasteiger charge is -2.34. The Kier molecular flexibility index (Phi) is 4.33. The summed E-state index contributed by atoms with van der Waals surface area (Å²) in [6.07, 6.45) is 5.11. The van der Waals surface area contributed by atoms with E-state index in [4.69, 9.17) is 10.5 Å². The molecule has 1 aromatic carbocycles. The summed E-state index contributed by atoms with van der Waals surface area (Å²) >= 11 is 3.53. The Bertz CT molecular complexity index is 407. The molecule has 3 heteroatoms. The predicted molar refractivity (Wildman–Crippen MR) is 78.7 cm³/mol. The molecule has 0 heterocycles. The van der Waals surface area contributed by atoms with E-state index in [0.29, 0.717) is 18.1 Å². The molecule has 0 amide bonds. The lowest BCUT2D eigenvalue weighted by molar-refractivity contribution is 0.0979. The quantitative estimate of drug-likeness (QED) is 0.905. The summed E-state index contributed by atoms with van der Waals surface area (Å²) in [7, 11) is 0. The van der Waals surface area contributed by atoms with Gasteiger partial charge in [-0.2, -0.15) is 0 Å². The van der Waals surface area contributed by atoms with E-state index >= 15 is 0 Å². The molecule has 0 spiro atoms. The molecule has 1 aliphatic carbocycles. The highest BCUT2D eigenvalue weighted by Gasteiger charge is 2.28. The van der Waals surface area contributed by atoms with Crippen LogP contribution >= 0.6 is 15.9 Å². The summed E-state index contributed by atoms with van der Waals surface area (Å²) in [6.45, 7) is 5.19. The van der Waals surface area contributed by atoms with Crippen molar-refractivity contribution in [2.45, 2.75) is 52.2 Å². The van der Waals surface area contributed by atoms with Crippen LogP contribution in [0.15, 0.2) is 22.7 Å². The highest BCUT2D eigenvalue weighted by atomic mass is 79.9. The van der Waals surface area contributed by atoms with Crippen LogP contribution in [0, 0.1) is 5.41 Å². The van der Waals surface area contributed by atoms with E-state index in [2.05, 4.69) is 29.8 Å². The average Bonchev–Trinajstić information content (AvgIpc) is 2.32. The number of hydrogen-bond acceptors (Lipinski definition) is 2. The zero-order chi connectivity index (χ0) is 13.2. The minimum Gasteiger partial charge on any atom is -0.490 e. The minimum absolute atomic E-state index is 0.345. The van der Waals surface area contributed by atoms with E-state index in [-0.39, 0.29) is 0 Å². The molecule has 2 N–H and O–H groups in total. The normalized spacial score (nSPS) is 19.8. The number of hydrogen-bond donors (Lipinski definition) is 1. The van der Waals surface area contributed by atoms with Gasteiger partial charge in [0.15, 0.2) is 0 Å². The molecule has 0 bridgehead atoms. The van der Waals surface area contributed by atoms with Crippen LogP contribution in [-0.2, 0) is 6.54 Å². The lowest BCUT2D eigenvalue weighted by Crippen LogP contribution is -2.28. The van der Waals surface area contributed by atoms with Crippen molar-refractivity contribution in [3.63, 3.8) is 0 Å². The Hall–Kier alpha value is -0.540. The van der Waals surface area contributed by atoms with Crippen molar-refractivity contribution in [2.75, 3.05) is 0 Å². The van der Waals surface area contributed by atoms with Gasteiger partial charge >= 0.3 is 0 Å². The molecule has 0 aromatic heterocycles. The molecule has 1 saturated carbocycles. The average molecular weight is 312 g/mol. The maximum absolute atomic E-state index is 6.14. The third-order valence-corrected chi connectivity index (χ3v) is 4.60. The van der Waals surface area contributed by atoms with Gasteiger partial charge in [-0.15, -0.1) is 0 Å². The number of benzene rings is 1. The van der Waals surface area contributed by atoms with Gasteiger partial charge in [-0.1, -0.05) is 35.8 Å². The van der Waals surface area contributed by atoms with Gasteiger partial charge in [0, 0.05) is 16.6 Å². The monoisotopic (exact) mass is 311 g/mol. The van der Waals surface area contributed by atoms with Gasteiger partial charge in [-0.25, -0.2) is 0 Å². The van der Waals surface area contributed by atoms with Gasteiger partial charge in [0.25, 0.3) is 0 Å². The van der Waals surface area contributed by atoms with E-state index in [1.165, 1.54) is 12.8 Å². The van der Waals surface area contributed by atoms with Crippen LogP contribution in [0.2, 0.25) is 0 Å². The summed E-state index contributed by atoms with van der Waals surface area (Å²) in [5.41, 5.74) is 7.34. The summed E-state index contributed by atoms with van der Waals surface area (Å²) in [5.74, 6) is 0.941. The van der Waals surface area contributed by atoms with Gasteiger partial charge in [0.2, 0.25) is 0 Å². The summed E-state index contributed by atoms with van der Waals surface area (Å²) in [5, 5.41) is 0. The molecule has 0 aliphatic heterocycles. The van der Waals surface area contributed by atoms with E-state index < -0.39 is 0 Å². The minimum atomic E-state index is 0.345. The number of nitrogens with two attached hydrogens (primary N) is 1. The Morgan fingerprint density at radius 3 is 2.61 bits per heavy atom. The standard InChI is InChI=1S/C15H22BrNO/c1-15(2)8-6-11(7-9-15)18-14-5-3-4-13(16)12(14)10-17/h3-5,11H,6-10,17H2,1-2H3. The van der Waals surface area contributed by atoms with Crippen molar-refractivity contribution in [3.8, 4) is 5.75 Å². The van der Waals surface area contributed by atoms with E-state index in [0.717, 1.165) is 28.6 Å². The molecule has 100 valence electrons. The first-order valence-corrected chi connectivity index (χ1v) is 7.45. The van der Waals surface area contributed by atoms with Crippen LogP contribution in [0.4, 0.5) is 0 Å². The second-order valence-electron chi connectivity index (χ2n) is 5.90. The van der Waals surface area contributed by atoms with Gasteiger partial charge in [0.05, 0.1) is 6.10 Å². The molecule has 0 unspecified atom stereocenters.